The van der Waals surface area contributed by atoms with E-state index in [0.717, 1.165) is 6.42 Å². The van der Waals surface area contributed by atoms with Crippen LogP contribution in [0, 0.1) is 13.8 Å². The van der Waals surface area contributed by atoms with E-state index in [4.69, 9.17) is 0 Å². The Morgan fingerprint density at radius 1 is 1.32 bits per heavy atom. The highest BCUT2D eigenvalue weighted by atomic mass is 79.9. The van der Waals surface area contributed by atoms with Crippen molar-refractivity contribution in [1.82, 2.24) is 15.1 Å². The maximum absolute atomic E-state index is 4.23. The third-order valence-corrected chi connectivity index (χ3v) is 4.66. The molecule has 0 saturated heterocycles. The molecule has 0 radical (unpaired) electrons. The molecule has 0 aliphatic heterocycles. The van der Waals surface area contributed by atoms with Crippen LogP contribution in [0.3, 0.4) is 0 Å². The average molecular weight is 322 g/mol. The second-order valence-electron chi connectivity index (χ2n) is 5.04. The van der Waals surface area contributed by atoms with Crippen molar-refractivity contribution in [2.45, 2.75) is 26.3 Å². The summed E-state index contributed by atoms with van der Waals surface area (Å²) >= 11 is 3.62. The molecular weight excluding hydrogens is 302 g/mol. The van der Waals surface area contributed by atoms with Gasteiger partial charge < -0.3 is 5.32 Å². The largest absolute Gasteiger partial charge is 0.313 e. The number of benzene rings is 1. The van der Waals surface area contributed by atoms with Gasteiger partial charge in [-0.1, -0.05) is 28.1 Å². The highest BCUT2D eigenvalue weighted by molar-refractivity contribution is 9.10. The van der Waals surface area contributed by atoms with Gasteiger partial charge in [-0.3, -0.25) is 4.68 Å². The molecule has 1 N–H and O–H groups in total. The number of nitrogens with zero attached hydrogens (tertiary/aromatic N) is 2. The molecular formula is C15H20BrN3. The fraction of sp³-hybridized carbons (Fsp3) is 0.400. The maximum atomic E-state index is 4.23. The summed E-state index contributed by atoms with van der Waals surface area (Å²) in [6.07, 6.45) is 4.96. The average Bonchev–Trinajstić information content (AvgIpc) is 2.78. The van der Waals surface area contributed by atoms with Gasteiger partial charge in [0.05, 0.1) is 6.20 Å². The molecule has 2 aromatic rings. The van der Waals surface area contributed by atoms with E-state index in [2.05, 4.69) is 58.5 Å². The topological polar surface area (TPSA) is 29.9 Å². The first-order chi connectivity index (χ1) is 9.01. The van der Waals surface area contributed by atoms with Gasteiger partial charge in [0.2, 0.25) is 0 Å². The van der Waals surface area contributed by atoms with Crippen molar-refractivity contribution < 1.29 is 0 Å². The number of rotatable bonds is 4. The van der Waals surface area contributed by atoms with E-state index in [9.17, 15) is 0 Å². The van der Waals surface area contributed by atoms with E-state index in [-0.39, 0.29) is 0 Å². The number of nitrogens with one attached hydrogen (secondary N) is 1. The highest BCUT2D eigenvalue weighted by Crippen LogP contribution is 2.27. The fourth-order valence-corrected chi connectivity index (χ4v) is 2.61. The Morgan fingerprint density at radius 3 is 2.42 bits per heavy atom. The SMILES string of the molecule is CNC(Cc1cnn(C)c1)c1cc(C)c(Br)c(C)c1. The van der Waals surface area contributed by atoms with Crippen LogP contribution < -0.4 is 5.32 Å². The molecule has 0 saturated carbocycles. The lowest BCUT2D eigenvalue weighted by Gasteiger charge is -2.18. The van der Waals surface area contributed by atoms with E-state index in [1.54, 1.807) is 0 Å². The molecule has 1 unspecified atom stereocenters. The van der Waals surface area contributed by atoms with Crippen LogP contribution in [0.4, 0.5) is 0 Å². The number of aromatic nitrogens is 2. The first kappa shape index (κ1) is 14.3. The third kappa shape index (κ3) is 3.25. The zero-order chi connectivity index (χ0) is 14.0. The summed E-state index contributed by atoms with van der Waals surface area (Å²) in [7, 11) is 3.96. The predicted octanol–water partition coefficient (Wildman–Crippen LogP) is 3.30. The third-order valence-electron chi connectivity index (χ3n) is 3.41. The Hall–Kier alpha value is -1.13. The summed E-state index contributed by atoms with van der Waals surface area (Å²) in [6, 6.07) is 4.80. The minimum Gasteiger partial charge on any atom is -0.313 e. The monoisotopic (exact) mass is 321 g/mol. The molecule has 0 amide bonds. The van der Waals surface area contributed by atoms with Gasteiger partial charge in [0, 0.05) is 23.8 Å². The van der Waals surface area contributed by atoms with Crippen LogP contribution in [-0.4, -0.2) is 16.8 Å². The van der Waals surface area contributed by atoms with Gasteiger partial charge in [-0.15, -0.1) is 0 Å². The summed E-state index contributed by atoms with van der Waals surface area (Å²) in [5.74, 6) is 0. The Kier molecular flexibility index (Phi) is 4.42. The van der Waals surface area contributed by atoms with Gasteiger partial charge in [-0.2, -0.15) is 5.10 Å². The normalized spacial score (nSPS) is 12.7. The number of hydrogen-bond acceptors (Lipinski definition) is 2. The van der Waals surface area contributed by atoms with Gasteiger partial charge in [0.15, 0.2) is 0 Å². The fourth-order valence-electron chi connectivity index (χ4n) is 2.38. The summed E-state index contributed by atoms with van der Waals surface area (Å²) < 4.78 is 3.05. The number of halogens is 1. The van der Waals surface area contributed by atoms with Crippen molar-refractivity contribution in [2.24, 2.45) is 7.05 Å². The lowest BCUT2D eigenvalue weighted by molar-refractivity contribution is 0.591. The second kappa shape index (κ2) is 5.88. The first-order valence-corrected chi connectivity index (χ1v) is 7.22. The van der Waals surface area contributed by atoms with E-state index >= 15 is 0 Å². The molecule has 1 heterocycles. The van der Waals surface area contributed by atoms with Gasteiger partial charge in [-0.25, -0.2) is 0 Å². The molecule has 19 heavy (non-hydrogen) atoms. The van der Waals surface area contributed by atoms with E-state index in [1.807, 2.05) is 25.0 Å². The summed E-state index contributed by atoms with van der Waals surface area (Å²) in [6.45, 7) is 4.27. The molecule has 1 atom stereocenters. The van der Waals surface area contributed by atoms with E-state index < -0.39 is 0 Å². The summed E-state index contributed by atoms with van der Waals surface area (Å²) in [5.41, 5.74) is 5.13. The van der Waals surface area contributed by atoms with Crippen molar-refractivity contribution in [1.29, 1.82) is 0 Å². The molecule has 1 aromatic carbocycles. The highest BCUT2D eigenvalue weighted by Gasteiger charge is 2.13. The van der Waals surface area contributed by atoms with Crippen LogP contribution in [0.25, 0.3) is 0 Å². The van der Waals surface area contributed by atoms with Gasteiger partial charge >= 0.3 is 0 Å². The molecule has 0 aliphatic carbocycles. The number of hydrogen-bond donors (Lipinski definition) is 1. The van der Waals surface area contributed by atoms with Crippen LogP contribution in [0.5, 0.6) is 0 Å². The Balaban J connectivity index is 2.27. The minimum absolute atomic E-state index is 0.315. The molecule has 3 nitrogen and oxygen atoms in total. The predicted molar refractivity (Wildman–Crippen MR) is 82.3 cm³/mol. The summed E-state index contributed by atoms with van der Waals surface area (Å²) in [5, 5.41) is 7.63. The van der Waals surface area contributed by atoms with E-state index in [1.165, 1.54) is 26.7 Å². The van der Waals surface area contributed by atoms with Crippen molar-refractivity contribution in [2.75, 3.05) is 7.05 Å². The van der Waals surface area contributed by atoms with Gasteiger partial charge in [0.25, 0.3) is 0 Å². The van der Waals surface area contributed by atoms with E-state index in [0.29, 0.717) is 6.04 Å². The molecule has 0 spiro atoms. The maximum Gasteiger partial charge on any atom is 0.0522 e. The smallest absolute Gasteiger partial charge is 0.0522 e. The lowest BCUT2D eigenvalue weighted by Crippen LogP contribution is -2.19. The second-order valence-corrected chi connectivity index (χ2v) is 5.83. The molecule has 0 fully saturated rings. The van der Waals surface area contributed by atoms with Crippen molar-refractivity contribution >= 4 is 15.9 Å². The lowest BCUT2D eigenvalue weighted by atomic mass is 9.97. The molecule has 102 valence electrons. The number of aryl methyl sites for hydroxylation is 3. The van der Waals surface area contributed by atoms with Crippen LogP contribution in [-0.2, 0) is 13.5 Å². The molecule has 0 bridgehead atoms. The molecule has 4 heteroatoms. The van der Waals surface area contributed by atoms with Crippen molar-refractivity contribution in [3.63, 3.8) is 0 Å². The van der Waals surface area contributed by atoms with Gasteiger partial charge in [-0.05, 0) is 49.6 Å². The van der Waals surface area contributed by atoms with Crippen LogP contribution >= 0.6 is 15.9 Å². The molecule has 2 rings (SSSR count). The van der Waals surface area contributed by atoms with Gasteiger partial charge in [0.1, 0.15) is 0 Å². The number of likely N-dealkylation sites (N-methyl/N-ethyl adjacent to an activating group) is 1. The molecule has 1 aromatic heterocycles. The van der Waals surface area contributed by atoms with Crippen LogP contribution in [0.1, 0.15) is 28.3 Å². The standard InChI is InChI=1S/C15H20BrN3/c1-10-5-13(6-11(2)15(10)16)14(17-3)7-12-8-18-19(4)9-12/h5-6,8-9,14,17H,7H2,1-4H3. The Morgan fingerprint density at radius 2 is 1.95 bits per heavy atom. The quantitative estimate of drug-likeness (QED) is 0.936. The summed E-state index contributed by atoms with van der Waals surface area (Å²) in [4.78, 5) is 0. The molecule has 0 aliphatic rings. The zero-order valence-electron chi connectivity index (χ0n) is 11.9. The Bertz CT molecular complexity index is 552. The first-order valence-electron chi connectivity index (χ1n) is 6.42. The van der Waals surface area contributed by atoms with Crippen LogP contribution in [0.15, 0.2) is 29.0 Å². The minimum atomic E-state index is 0.315. The zero-order valence-corrected chi connectivity index (χ0v) is 13.5. The Labute approximate surface area is 123 Å². The van der Waals surface area contributed by atoms with Crippen molar-refractivity contribution in [3.8, 4) is 0 Å². The van der Waals surface area contributed by atoms with Crippen molar-refractivity contribution in [3.05, 3.63) is 51.3 Å². The van der Waals surface area contributed by atoms with Crippen LogP contribution in [0.2, 0.25) is 0 Å².